The second-order valence-corrected chi connectivity index (χ2v) is 7.20. The van der Waals surface area contributed by atoms with E-state index in [2.05, 4.69) is 32.3 Å². The summed E-state index contributed by atoms with van der Waals surface area (Å²) in [6.45, 7) is 6.68. The van der Waals surface area contributed by atoms with Crippen LogP contribution >= 0.6 is 0 Å². The van der Waals surface area contributed by atoms with Crippen molar-refractivity contribution < 1.29 is 9.47 Å². The first-order chi connectivity index (χ1) is 15.3. The summed E-state index contributed by atoms with van der Waals surface area (Å²) in [5, 5.41) is 6.86. The predicted octanol–water partition coefficient (Wildman–Crippen LogP) is 3.60. The maximum absolute atomic E-state index is 5.42. The van der Waals surface area contributed by atoms with Gasteiger partial charge < -0.3 is 24.7 Å². The summed E-state index contributed by atoms with van der Waals surface area (Å²) in [5.41, 5.74) is 3.35. The maximum Gasteiger partial charge on any atom is 0.191 e. The van der Waals surface area contributed by atoms with Gasteiger partial charge in [0, 0.05) is 32.8 Å². The number of rotatable bonds is 12. The zero-order valence-electron chi connectivity index (χ0n) is 18.5. The first-order valence-electron chi connectivity index (χ1n) is 10.9. The number of nitrogens with one attached hydrogen (secondary N) is 2. The highest BCUT2D eigenvalue weighted by Gasteiger charge is 2.03. The van der Waals surface area contributed by atoms with Crippen LogP contribution in [0.5, 0.6) is 5.75 Å². The van der Waals surface area contributed by atoms with E-state index in [0.717, 1.165) is 68.5 Å². The van der Waals surface area contributed by atoms with Gasteiger partial charge >= 0.3 is 0 Å². The SMILES string of the molecule is CCOCCCNC(=NCc1ccc(OC)cc1)NCCCn1cnc2ccccc21. The van der Waals surface area contributed by atoms with Crippen molar-refractivity contribution in [1.29, 1.82) is 0 Å². The lowest BCUT2D eigenvalue weighted by Gasteiger charge is -2.13. The number of guanidine groups is 1. The number of imidazole rings is 1. The molecular weight excluding hydrogens is 390 g/mol. The molecule has 0 unspecified atom stereocenters. The maximum atomic E-state index is 5.42. The molecule has 0 saturated heterocycles. The van der Waals surface area contributed by atoms with Crippen molar-refractivity contribution in [3.05, 3.63) is 60.4 Å². The second-order valence-electron chi connectivity index (χ2n) is 7.20. The van der Waals surface area contributed by atoms with Crippen LogP contribution in [-0.2, 0) is 17.8 Å². The Morgan fingerprint density at radius 1 is 1.03 bits per heavy atom. The fraction of sp³-hybridized carbons (Fsp3) is 0.417. The minimum atomic E-state index is 0.608. The molecule has 0 spiro atoms. The van der Waals surface area contributed by atoms with Gasteiger partial charge in [0.15, 0.2) is 5.96 Å². The number of methoxy groups -OCH3 is 1. The minimum absolute atomic E-state index is 0.608. The van der Waals surface area contributed by atoms with Crippen LogP contribution in [0.2, 0.25) is 0 Å². The molecule has 31 heavy (non-hydrogen) atoms. The van der Waals surface area contributed by atoms with Crippen molar-refractivity contribution in [1.82, 2.24) is 20.2 Å². The van der Waals surface area contributed by atoms with Crippen molar-refractivity contribution in [3.63, 3.8) is 0 Å². The van der Waals surface area contributed by atoms with E-state index in [4.69, 9.17) is 14.5 Å². The number of benzene rings is 2. The molecule has 2 N–H and O–H groups in total. The van der Waals surface area contributed by atoms with Gasteiger partial charge in [-0.3, -0.25) is 0 Å². The lowest BCUT2D eigenvalue weighted by molar-refractivity contribution is 0.145. The molecule has 0 aliphatic carbocycles. The summed E-state index contributed by atoms with van der Waals surface area (Å²) < 4.78 is 12.8. The van der Waals surface area contributed by atoms with E-state index in [1.54, 1.807) is 7.11 Å². The normalized spacial score (nSPS) is 11.6. The highest BCUT2D eigenvalue weighted by molar-refractivity contribution is 5.79. The van der Waals surface area contributed by atoms with E-state index in [1.165, 1.54) is 5.52 Å². The molecule has 3 rings (SSSR count). The summed E-state index contributed by atoms with van der Waals surface area (Å²) in [7, 11) is 1.67. The number of hydrogen-bond donors (Lipinski definition) is 2. The zero-order chi connectivity index (χ0) is 21.7. The fourth-order valence-corrected chi connectivity index (χ4v) is 3.25. The third-order valence-electron chi connectivity index (χ3n) is 4.94. The van der Waals surface area contributed by atoms with E-state index in [1.807, 2.05) is 49.6 Å². The van der Waals surface area contributed by atoms with Gasteiger partial charge in [0.1, 0.15) is 5.75 Å². The number of fused-ring (bicyclic) bond motifs is 1. The van der Waals surface area contributed by atoms with Gasteiger partial charge in [-0.2, -0.15) is 0 Å². The molecule has 0 aliphatic heterocycles. The van der Waals surface area contributed by atoms with Crippen molar-refractivity contribution in [2.24, 2.45) is 4.99 Å². The van der Waals surface area contributed by atoms with Crippen LogP contribution in [0.25, 0.3) is 11.0 Å². The smallest absolute Gasteiger partial charge is 0.191 e. The number of para-hydroxylation sites is 2. The highest BCUT2D eigenvalue weighted by Crippen LogP contribution is 2.12. The molecule has 1 heterocycles. The predicted molar refractivity (Wildman–Crippen MR) is 126 cm³/mol. The molecule has 0 aliphatic rings. The van der Waals surface area contributed by atoms with Crippen molar-refractivity contribution in [3.8, 4) is 5.75 Å². The molecular formula is C24H33N5O2. The van der Waals surface area contributed by atoms with Gasteiger partial charge in [0.05, 0.1) is 31.0 Å². The summed E-state index contributed by atoms with van der Waals surface area (Å²) in [6.07, 6.45) is 3.83. The van der Waals surface area contributed by atoms with Gasteiger partial charge in [0.25, 0.3) is 0 Å². The molecule has 7 heteroatoms. The Morgan fingerprint density at radius 2 is 1.81 bits per heavy atom. The van der Waals surface area contributed by atoms with Crippen LogP contribution < -0.4 is 15.4 Å². The first kappa shape index (κ1) is 22.6. The van der Waals surface area contributed by atoms with Gasteiger partial charge in [-0.15, -0.1) is 0 Å². The number of aryl methyl sites for hydroxylation is 1. The average molecular weight is 424 g/mol. The molecule has 7 nitrogen and oxygen atoms in total. The molecule has 0 fully saturated rings. The van der Waals surface area contributed by atoms with E-state index >= 15 is 0 Å². The molecule has 2 aromatic carbocycles. The van der Waals surface area contributed by atoms with Crippen molar-refractivity contribution in [2.75, 3.05) is 33.4 Å². The molecule has 0 amide bonds. The van der Waals surface area contributed by atoms with Crippen LogP contribution in [0.3, 0.4) is 0 Å². The van der Waals surface area contributed by atoms with E-state index in [-0.39, 0.29) is 0 Å². The number of aromatic nitrogens is 2. The zero-order valence-corrected chi connectivity index (χ0v) is 18.5. The molecule has 3 aromatic rings. The van der Waals surface area contributed by atoms with Crippen LogP contribution in [-0.4, -0.2) is 48.9 Å². The van der Waals surface area contributed by atoms with Crippen LogP contribution in [0.4, 0.5) is 0 Å². The fourth-order valence-electron chi connectivity index (χ4n) is 3.25. The first-order valence-corrected chi connectivity index (χ1v) is 10.9. The lowest BCUT2D eigenvalue weighted by Crippen LogP contribution is -2.39. The third-order valence-corrected chi connectivity index (χ3v) is 4.94. The third kappa shape index (κ3) is 7.29. The Morgan fingerprint density at radius 3 is 2.58 bits per heavy atom. The average Bonchev–Trinajstić information content (AvgIpc) is 3.23. The molecule has 0 bridgehead atoms. The van der Waals surface area contributed by atoms with E-state index < -0.39 is 0 Å². The van der Waals surface area contributed by atoms with Crippen molar-refractivity contribution >= 4 is 17.0 Å². The van der Waals surface area contributed by atoms with Gasteiger partial charge in [0.2, 0.25) is 0 Å². The van der Waals surface area contributed by atoms with Gasteiger partial charge in [-0.25, -0.2) is 9.98 Å². The Kier molecular flexibility index (Phi) is 9.19. The highest BCUT2D eigenvalue weighted by atomic mass is 16.5. The quantitative estimate of drug-likeness (QED) is 0.265. The molecule has 1 aromatic heterocycles. The number of nitrogens with zero attached hydrogens (tertiary/aromatic N) is 3. The minimum Gasteiger partial charge on any atom is -0.497 e. The molecule has 0 atom stereocenters. The largest absolute Gasteiger partial charge is 0.497 e. The van der Waals surface area contributed by atoms with E-state index in [9.17, 15) is 0 Å². The summed E-state index contributed by atoms with van der Waals surface area (Å²) in [6, 6.07) is 16.2. The van der Waals surface area contributed by atoms with Crippen LogP contribution in [0, 0.1) is 0 Å². The standard InChI is InChI=1S/C24H33N5O2/c1-3-31-17-7-15-26-24(27-18-20-10-12-21(30-2)13-11-20)25-14-6-16-29-19-28-22-8-4-5-9-23(22)29/h4-5,8-13,19H,3,6-7,14-18H2,1-2H3,(H2,25,26,27). The monoisotopic (exact) mass is 423 g/mol. The van der Waals surface area contributed by atoms with Crippen LogP contribution in [0.15, 0.2) is 59.9 Å². The summed E-state index contributed by atoms with van der Waals surface area (Å²) >= 11 is 0. The lowest BCUT2D eigenvalue weighted by atomic mass is 10.2. The summed E-state index contributed by atoms with van der Waals surface area (Å²) in [4.78, 5) is 9.20. The Hall–Kier alpha value is -3.06. The number of ether oxygens (including phenoxy) is 2. The van der Waals surface area contributed by atoms with Gasteiger partial charge in [-0.05, 0) is 49.6 Å². The number of hydrogen-bond acceptors (Lipinski definition) is 4. The van der Waals surface area contributed by atoms with Crippen molar-refractivity contribution in [2.45, 2.75) is 32.9 Å². The van der Waals surface area contributed by atoms with Gasteiger partial charge in [-0.1, -0.05) is 24.3 Å². The molecule has 0 radical (unpaired) electrons. The molecule has 0 saturated carbocycles. The topological polar surface area (TPSA) is 72.7 Å². The number of aliphatic imine (C=N–C) groups is 1. The molecule has 166 valence electrons. The van der Waals surface area contributed by atoms with E-state index in [0.29, 0.717) is 6.54 Å². The summed E-state index contributed by atoms with van der Waals surface area (Å²) in [5.74, 6) is 1.68. The second kappa shape index (κ2) is 12.6. The Balaban J connectivity index is 1.50. The Labute approximate surface area is 184 Å². The van der Waals surface area contributed by atoms with Crippen LogP contribution in [0.1, 0.15) is 25.3 Å². The Bertz CT molecular complexity index is 937.